The Hall–Kier alpha value is -3.20. The molecule has 3 aromatic carbocycles. The van der Waals surface area contributed by atoms with Crippen LogP contribution in [0, 0.1) is 0 Å². The van der Waals surface area contributed by atoms with E-state index in [1.807, 2.05) is 35.2 Å². The molecule has 3 aromatic rings. The SMILES string of the molecule is CC(O)N1CCc2ccc(S(=O)(=O)Nc3cc(-c4ccccc4)ccc3C(=O)O)cc2CC1. The number of carboxylic acids is 1. The average Bonchev–Trinajstić information content (AvgIpc) is 3.01. The molecule has 0 bridgehead atoms. The molecule has 0 fully saturated rings. The van der Waals surface area contributed by atoms with E-state index in [0.717, 1.165) is 23.1 Å². The van der Waals surface area contributed by atoms with Gasteiger partial charge in [0.25, 0.3) is 10.0 Å². The fourth-order valence-electron chi connectivity index (χ4n) is 4.09. The number of nitrogens with one attached hydrogen (secondary N) is 1. The Morgan fingerprint density at radius 1 is 0.939 bits per heavy atom. The molecule has 33 heavy (non-hydrogen) atoms. The van der Waals surface area contributed by atoms with Crippen LogP contribution in [0.25, 0.3) is 11.1 Å². The Balaban J connectivity index is 1.66. The smallest absolute Gasteiger partial charge is 0.337 e. The van der Waals surface area contributed by atoms with Crippen molar-refractivity contribution in [3.63, 3.8) is 0 Å². The molecule has 0 amide bonds. The summed E-state index contributed by atoms with van der Waals surface area (Å²) < 4.78 is 28.9. The van der Waals surface area contributed by atoms with Crippen molar-refractivity contribution >= 4 is 21.7 Å². The van der Waals surface area contributed by atoms with E-state index in [1.54, 1.807) is 37.3 Å². The lowest BCUT2D eigenvalue weighted by molar-refractivity contribution is 0.0219. The molecule has 3 N–H and O–H groups in total. The number of fused-ring (bicyclic) bond motifs is 1. The molecule has 0 saturated carbocycles. The number of aliphatic hydroxyl groups excluding tert-OH is 1. The van der Waals surface area contributed by atoms with Crippen LogP contribution in [0.5, 0.6) is 0 Å². The van der Waals surface area contributed by atoms with Gasteiger partial charge in [-0.15, -0.1) is 0 Å². The molecule has 0 aliphatic carbocycles. The molecule has 8 heteroatoms. The van der Waals surface area contributed by atoms with E-state index >= 15 is 0 Å². The number of sulfonamides is 1. The molecule has 1 aliphatic rings. The van der Waals surface area contributed by atoms with Crippen LogP contribution in [0.2, 0.25) is 0 Å². The van der Waals surface area contributed by atoms with Crippen LogP contribution >= 0.6 is 0 Å². The Labute approximate surface area is 193 Å². The number of carbonyl (C=O) groups is 1. The van der Waals surface area contributed by atoms with Gasteiger partial charge in [-0.05, 0) is 66.3 Å². The number of aliphatic hydroxyl groups is 1. The largest absolute Gasteiger partial charge is 0.478 e. The van der Waals surface area contributed by atoms with Gasteiger partial charge in [-0.25, -0.2) is 13.2 Å². The monoisotopic (exact) mass is 466 g/mol. The van der Waals surface area contributed by atoms with E-state index in [4.69, 9.17) is 0 Å². The lowest BCUT2D eigenvalue weighted by Crippen LogP contribution is -2.34. The van der Waals surface area contributed by atoms with Gasteiger partial charge in [0.05, 0.1) is 16.1 Å². The number of nitrogens with zero attached hydrogens (tertiary/aromatic N) is 1. The zero-order valence-electron chi connectivity index (χ0n) is 18.2. The van der Waals surface area contributed by atoms with Gasteiger partial charge in [-0.2, -0.15) is 0 Å². The Morgan fingerprint density at radius 3 is 2.30 bits per heavy atom. The maximum Gasteiger partial charge on any atom is 0.337 e. The molecular formula is C25H26N2O5S. The summed E-state index contributed by atoms with van der Waals surface area (Å²) in [5.74, 6) is -1.22. The molecule has 4 rings (SSSR count). The maximum absolute atomic E-state index is 13.2. The molecular weight excluding hydrogens is 440 g/mol. The van der Waals surface area contributed by atoms with Crippen molar-refractivity contribution in [3.8, 4) is 11.1 Å². The Kier molecular flexibility index (Phi) is 6.51. The van der Waals surface area contributed by atoms with Gasteiger partial charge in [0.2, 0.25) is 0 Å². The van der Waals surface area contributed by atoms with Gasteiger partial charge >= 0.3 is 5.97 Å². The van der Waals surface area contributed by atoms with Crippen LogP contribution in [-0.4, -0.2) is 48.8 Å². The summed E-state index contributed by atoms with van der Waals surface area (Å²) in [6, 6.07) is 18.9. The van der Waals surface area contributed by atoms with E-state index in [-0.39, 0.29) is 16.1 Å². The number of benzene rings is 3. The number of hydrogen-bond donors (Lipinski definition) is 3. The lowest BCUT2D eigenvalue weighted by Gasteiger charge is -2.22. The van der Waals surface area contributed by atoms with Gasteiger partial charge in [0.15, 0.2) is 0 Å². The summed E-state index contributed by atoms with van der Waals surface area (Å²) in [5, 5.41) is 19.5. The zero-order valence-corrected chi connectivity index (χ0v) is 19.0. The van der Waals surface area contributed by atoms with E-state index in [9.17, 15) is 23.4 Å². The number of anilines is 1. The van der Waals surface area contributed by atoms with Crippen LogP contribution in [0.3, 0.4) is 0 Å². The highest BCUT2D eigenvalue weighted by atomic mass is 32.2. The normalized spacial score (nSPS) is 15.3. The van der Waals surface area contributed by atoms with Gasteiger partial charge in [0, 0.05) is 13.1 Å². The first kappa shape index (κ1) is 23.0. The summed E-state index contributed by atoms with van der Waals surface area (Å²) in [7, 11) is -4.02. The van der Waals surface area contributed by atoms with Crippen molar-refractivity contribution < 1.29 is 23.4 Å². The van der Waals surface area contributed by atoms with E-state index in [0.29, 0.717) is 25.1 Å². The summed E-state index contributed by atoms with van der Waals surface area (Å²) in [5.41, 5.74) is 3.41. The third-order valence-corrected chi connectivity index (χ3v) is 7.32. The average molecular weight is 467 g/mol. The fourth-order valence-corrected chi connectivity index (χ4v) is 5.21. The number of hydrogen-bond acceptors (Lipinski definition) is 5. The molecule has 1 aliphatic heterocycles. The molecule has 1 unspecified atom stereocenters. The van der Waals surface area contributed by atoms with Crippen LogP contribution < -0.4 is 4.72 Å². The van der Waals surface area contributed by atoms with Crippen LogP contribution in [-0.2, 0) is 22.9 Å². The minimum Gasteiger partial charge on any atom is -0.478 e. The van der Waals surface area contributed by atoms with Gasteiger partial charge in [-0.3, -0.25) is 9.62 Å². The van der Waals surface area contributed by atoms with Crippen molar-refractivity contribution in [1.82, 2.24) is 4.90 Å². The topological polar surface area (TPSA) is 107 Å². The summed E-state index contributed by atoms with van der Waals surface area (Å²) in [6.07, 6.45) is 0.777. The standard InChI is InChI=1S/C25H26N2O5S/c1-17(28)27-13-11-19-7-9-22(15-21(19)12-14-27)33(31,32)26-24-16-20(8-10-23(24)25(29)30)18-5-3-2-4-6-18/h2-10,15-17,26,28H,11-14H2,1H3,(H,29,30). The van der Waals surface area contributed by atoms with E-state index in [1.165, 1.54) is 6.07 Å². The highest BCUT2D eigenvalue weighted by Crippen LogP contribution is 2.29. The second-order valence-electron chi connectivity index (χ2n) is 8.14. The molecule has 0 spiro atoms. The predicted octanol–water partition coefficient (Wildman–Crippen LogP) is 3.59. The van der Waals surface area contributed by atoms with Crippen LogP contribution in [0.15, 0.2) is 71.6 Å². The second-order valence-corrected chi connectivity index (χ2v) is 9.82. The minimum atomic E-state index is -4.02. The minimum absolute atomic E-state index is 0.0130. The van der Waals surface area contributed by atoms with Crippen LogP contribution in [0.1, 0.15) is 28.4 Å². The Bertz CT molecular complexity index is 1270. The lowest BCUT2D eigenvalue weighted by atomic mass is 10.0. The number of rotatable bonds is 6. The van der Waals surface area contributed by atoms with Gasteiger partial charge in [-0.1, -0.05) is 42.5 Å². The van der Waals surface area contributed by atoms with Crippen molar-refractivity contribution in [2.24, 2.45) is 0 Å². The third kappa shape index (κ3) is 5.08. The quantitative estimate of drug-likeness (QED) is 0.513. The molecule has 1 atom stereocenters. The molecule has 1 heterocycles. The van der Waals surface area contributed by atoms with Crippen molar-refractivity contribution in [1.29, 1.82) is 0 Å². The van der Waals surface area contributed by atoms with Crippen molar-refractivity contribution in [2.45, 2.75) is 30.9 Å². The molecule has 0 radical (unpaired) electrons. The summed E-state index contributed by atoms with van der Waals surface area (Å²) in [6.45, 7) is 3.05. The molecule has 0 saturated heterocycles. The van der Waals surface area contributed by atoms with E-state index < -0.39 is 22.2 Å². The van der Waals surface area contributed by atoms with Crippen molar-refractivity contribution in [3.05, 3.63) is 83.4 Å². The third-order valence-electron chi connectivity index (χ3n) is 5.95. The zero-order chi connectivity index (χ0) is 23.6. The first-order chi connectivity index (χ1) is 15.7. The summed E-state index contributed by atoms with van der Waals surface area (Å²) in [4.78, 5) is 13.8. The van der Waals surface area contributed by atoms with Crippen LogP contribution in [0.4, 0.5) is 5.69 Å². The molecule has 172 valence electrons. The van der Waals surface area contributed by atoms with Gasteiger partial charge < -0.3 is 10.2 Å². The first-order valence-electron chi connectivity index (χ1n) is 10.7. The van der Waals surface area contributed by atoms with Crippen molar-refractivity contribution in [2.75, 3.05) is 17.8 Å². The Morgan fingerprint density at radius 2 is 1.64 bits per heavy atom. The van der Waals surface area contributed by atoms with Gasteiger partial charge in [0.1, 0.15) is 6.23 Å². The molecule has 0 aromatic heterocycles. The predicted molar refractivity (Wildman–Crippen MR) is 127 cm³/mol. The highest BCUT2D eigenvalue weighted by Gasteiger charge is 2.22. The van der Waals surface area contributed by atoms with E-state index in [2.05, 4.69) is 4.72 Å². The number of carboxylic acid groups (broad SMARTS) is 1. The second kappa shape index (κ2) is 9.35. The fraction of sp³-hybridized carbons (Fsp3) is 0.240. The maximum atomic E-state index is 13.2. The first-order valence-corrected chi connectivity index (χ1v) is 12.2. The molecule has 7 nitrogen and oxygen atoms in total. The summed E-state index contributed by atoms with van der Waals surface area (Å²) >= 11 is 0. The highest BCUT2D eigenvalue weighted by molar-refractivity contribution is 7.92. The number of aromatic carboxylic acids is 1.